The van der Waals surface area contributed by atoms with E-state index in [0.717, 1.165) is 5.56 Å². The van der Waals surface area contributed by atoms with E-state index in [-0.39, 0.29) is 5.78 Å². The van der Waals surface area contributed by atoms with Crippen LogP contribution in [0.3, 0.4) is 0 Å². The van der Waals surface area contributed by atoms with Gasteiger partial charge in [-0.2, -0.15) is 0 Å². The quantitative estimate of drug-likeness (QED) is 0.842. The number of Topliss-reactive ketones (excluding diaryl/α,β-unsaturated/α-hetero) is 1. The first kappa shape index (κ1) is 13.7. The lowest BCUT2D eigenvalue weighted by atomic mass is 9.76. The summed E-state index contributed by atoms with van der Waals surface area (Å²) in [4.78, 5) is 12.6. The molecule has 3 rings (SSSR count). The average molecular weight is 276 g/mol. The molecule has 1 saturated heterocycles. The molecule has 2 fully saturated rings. The van der Waals surface area contributed by atoms with Crippen molar-refractivity contribution in [2.45, 2.75) is 44.0 Å². The fourth-order valence-corrected chi connectivity index (χ4v) is 3.14. The second kappa shape index (κ2) is 4.95. The number of rotatable bonds is 2. The van der Waals surface area contributed by atoms with Crippen LogP contribution in [0.25, 0.3) is 0 Å². The van der Waals surface area contributed by atoms with Crippen molar-refractivity contribution in [3.63, 3.8) is 0 Å². The molecule has 1 aliphatic carbocycles. The maximum atomic E-state index is 12.6. The third kappa shape index (κ3) is 2.28. The Morgan fingerprint density at radius 2 is 1.70 bits per heavy atom. The van der Waals surface area contributed by atoms with Gasteiger partial charge in [0.2, 0.25) is 0 Å². The zero-order valence-corrected chi connectivity index (χ0v) is 11.7. The molecular formula is C16H20O4. The van der Waals surface area contributed by atoms with Gasteiger partial charge in [-0.1, -0.05) is 24.3 Å². The van der Waals surface area contributed by atoms with Crippen LogP contribution in [0.5, 0.6) is 0 Å². The van der Waals surface area contributed by atoms with Crippen LogP contribution < -0.4 is 0 Å². The lowest BCUT2D eigenvalue weighted by Crippen LogP contribution is -2.48. The van der Waals surface area contributed by atoms with Crippen molar-refractivity contribution in [3.05, 3.63) is 35.4 Å². The van der Waals surface area contributed by atoms with Crippen molar-refractivity contribution in [1.29, 1.82) is 0 Å². The van der Waals surface area contributed by atoms with Crippen LogP contribution in [0.15, 0.2) is 24.3 Å². The summed E-state index contributed by atoms with van der Waals surface area (Å²) in [5.74, 6) is -0.735. The fraction of sp³-hybridized carbons (Fsp3) is 0.562. The lowest BCUT2D eigenvalue weighted by molar-refractivity contribution is -0.195. The van der Waals surface area contributed by atoms with Crippen molar-refractivity contribution in [2.24, 2.45) is 0 Å². The van der Waals surface area contributed by atoms with Crippen LogP contribution >= 0.6 is 0 Å². The standard InChI is InChI=1S/C16H20O4/c1-12-4-2-3-5-13(12)14(17)15(18)6-8-16(9-7-15)19-10-11-20-16/h2-5,18H,6-11H2,1H3. The summed E-state index contributed by atoms with van der Waals surface area (Å²) in [5.41, 5.74) is 0.228. The van der Waals surface area contributed by atoms with E-state index >= 15 is 0 Å². The average Bonchev–Trinajstić information content (AvgIpc) is 2.91. The molecule has 1 aromatic carbocycles. The van der Waals surface area contributed by atoms with Gasteiger partial charge in [-0.05, 0) is 25.3 Å². The summed E-state index contributed by atoms with van der Waals surface area (Å²) in [5, 5.41) is 10.7. The van der Waals surface area contributed by atoms with Crippen molar-refractivity contribution in [3.8, 4) is 0 Å². The summed E-state index contributed by atoms with van der Waals surface area (Å²) >= 11 is 0. The Bertz CT molecular complexity index is 507. The van der Waals surface area contributed by atoms with Gasteiger partial charge in [0, 0.05) is 18.4 Å². The minimum Gasteiger partial charge on any atom is -0.382 e. The highest BCUT2D eigenvalue weighted by atomic mass is 16.7. The van der Waals surface area contributed by atoms with Gasteiger partial charge in [0.1, 0.15) is 5.60 Å². The molecule has 1 N–H and O–H groups in total. The summed E-state index contributed by atoms with van der Waals surface area (Å²) in [6, 6.07) is 7.40. The largest absolute Gasteiger partial charge is 0.382 e. The van der Waals surface area contributed by atoms with Gasteiger partial charge >= 0.3 is 0 Å². The smallest absolute Gasteiger partial charge is 0.194 e. The Kier molecular flexibility index (Phi) is 3.40. The van der Waals surface area contributed by atoms with Gasteiger partial charge < -0.3 is 14.6 Å². The van der Waals surface area contributed by atoms with Gasteiger partial charge in [-0.25, -0.2) is 0 Å². The first-order valence-corrected chi connectivity index (χ1v) is 7.15. The van der Waals surface area contributed by atoms with E-state index in [2.05, 4.69) is 0 Å². The first-order valence-electron chi connectivity index (χ1n) is 7.15. The monoisotopic (exact) mass is 276 g/mol. The summed E-state index contributed by atoms with van der Waals surface area (Å²) in [6.07, 6.45) is 1.92. The van der Waals surface area contributed by atoms with Crippen LogP contribution in [0.2, 0.25) is 0 Å². The molecule has 0 atom stereocenters. The molecule has 1 heterocycles. The van der Waals surface area contributed by atoms with Crippen molar-refractivity contribution in [1.82, 2.24) is 0 Å². The van der Waals surface area contributed by atoms with Gasteiger partial charge in [0.05, 0.1) is 13.2 Å². The molecule has 0 aromatic heterocycles. The zero-order chi connectivity index (χ0) is 14.2. The van der Waals surface area contributed by atoms with Gasteiger partial charge in [0.25, 0.3) is 0 Å². The van der Waals surface area contributed by atoms with E-state index < -0.39 is 11.4 Å². The fourth-order valence-electron chi connectivity index (χ4n) is 3.14. The first-order chi connectivity index (χ1) is 9.55. The van der Waals surface area contributed by atoms with Crippen LogP contribution in [-0.4, -0.2) is 35.5 Å². The second-order valence-electron chi connectivity index (χ2n) is 5.78. The highest BCUT2D eigenvalue weighted by molar-refractivity contribution is 6.03. The number of aryl methyl sites for hydroxylation is 1. The Morgan fingerprint density at radius 3 is 2.30 bits per heavy atom. The molecule has 0 unspecified atom stereocenters. The Labute approximate surface area is 118 Å². The number of hydrogen-bond donors (Lipinski definition) is 1. The van der Waals surface area contributed by atoms with Crippen molar-refractivity contribution >= 4 is 5.78 Å². The Balaban J connectivity index is 1.77. The maximum absolute atomic E-state index is 12.6. The van der Waals surface area contributed by atoms with E-state index in [1.54, 1.807) is 6.07 Å². The number of carbonyl (C=O) groups is 1. The number of ether oxygens (including phenoxy) is 2. The highest BCUT2D eigenvalue weighted by Gasteiger charge is 2.49. The summed E-state index contributed by atoms with van der Waals surface area (Å²) in [7, 11) is 0. The summed E-state index contributed by atoms with van der Waals surface area (Å²) < 4.78 is 11.3. The maximum Gasteiger partial charge on any atom is 0.194 e. The molecule has 1 spiro atoms. The normalized spacial score (nSPS) is 23.9. The SMILES string of the molecule is Cc1ccccc1C(=O)C1(O)CCC2(CC1)OCCO2. The third-order valence-electron chi connectivity index (χ3n) is 4.46. The minimum atomic E-state index is -1.29. The van der Waals surface area contributed by atoms with E-state index in [1.807, 2.05) is 25.1 Å². The van der Waals surface area contributed by atoms with Crippen molar-refractivity contribution in [2.75, 3.05) is 13.2 Å². The molecule has 4 nitrogen and oxygen atoms in total. The van der Waals surface area contributed by atoms with E-state index in [9.17, 15) is 9.90 Å². The van der Waals surface area contributed by atoms with E-state index in [1.165, 1.54) is 0 Å². The molecule has 1 aliphatic heterocycles. The Morgan fingerprint density at radius 1 is 1.10 bits per heavy atom. The molecule has 1 saturated carbocycles. The van der Waals surface area contributed by atoms with Gasteiger partial charge in [-0.3, -0.25) is 4.79 Å². The molecule has 0 radical (unpaired) electrons. The topological polar surface area (TPSA) is 55.8 Å². The van der Waals surface area contributed by atoms with Crippen LogP contribution in [0.1, 0.15) is 41.6 Å². The highest BCUT2D eigenvalue weighted by Crippen LogP contribution is 2.41. The molecule has 1 aromatic rings. The van der Waals surface area contributed by atoms with Gasteiger partial charge in [0.15, 0.2) is 11.6 Å². The van der Waals surface area contributed by atoms with Crippen molar-refractivity contribution < 1.29 is 19.4 Å². The zero-order valence-electron chi connectivity index (χ0n) is 11.7. The number of hydrogen-bond acceptors (Lipinski definition) is 4. The summed E-state index contributed by atoms with van der Waals surface area (Å²) in [6.45, 7) is 3.10. The number of benzene rings is 1. The van der Waals surface area contributed by atoms with E-state index in [4.69, 9.17) is 9.47 Å². The van der Waals surface area contributed by atoms with Crippen LogP contribution in [0, 0.1) is 6.92 Å². The molecule has 20 heavy (non-hydrogen) atoms. The minimum absolute atomic E-state index is 0.177. The number of ketones is 1. The molecule has 108 valence electrons. The van der Waals surface area contributed by atoms with Crippen LogP contribution in [-0.2, 0) is 9.47 Å². The molecule has 0 bridgehead atoms. The molecule has 4 heteroatoms. The molecule has 0 amide bonds. The number of aliphatic hydroxyl groups is 1. The molecule has 2 aliphatic rings. The van der Waals surface area contributed by atoms with Crippen LogP contribution in [0.4, 0.5) is 0 Å². The third-order valence-corrected chi connectivity index (χ3v) is 4.46. The number of carbonyl (C=O) groups excluding carboxylic acids is 1. The predicted octanol–water partition coefficient (Wildman–Crippen LogP) is 2.23. The second-order valence-corrected chi connectivity index (χ2v) is 5.78. The lowest BCUT2D eigenvalue weighted by Gasteiger charge is -2.39. The predicted molar refractivity (Wildman–Crippen MR) is 73.6 cm³/mol. The Hall–Kier alpha value is -1.23. The van der Waals surface area contributed by atoms with Gasteiger partial charge in [-0.15, -0.1) is 0 Å². The van der Waals surface area contributed by atoms with E-state index in [0.29, 0.717) is 44.5 Å². The molecular weight excluding hydrogens is 256 g/mol.